The van der Waals surface area contributed by atoms with Crippen molar-refractivity contribution in [1.29, 1.82) is 0 Å². The summed E-state index contributed by atoms with van der Waals surface area (Å²) in [6.45, 7) is 2.15. The molecule has 3 rings (SSSR count). The van der Waals surface area contributed by atoms with Crippen LogP contribution in [0.25, 0.3) is 11.3 Å². The van der Waals surface area contributed by atoms with Crippen LogP contribution in [0.2, 0.25) is 0 Å². The van der Waals surface area contributed by atoms with E-state index in [1.54, 1.807) is 7.11 Å². The van der Waals surface area contributed by atoms with Crippen molar-refractivity contribution < 1.29 is 4.74 Å². The average molecular weight is 336 g/mol. The molecule has 1 unspecified atom stereocenters. The van der Waals surface area contributed by atoms with Crippen LogP contribution in [0.4, 0.5) is 0 Å². The second-order valence-corrected chi connectivity index (χ2v) is 6.01. The van der Waals surface area contributed by atoms with Gasteiger partial charge in [-0.1, -0.05) is 15.9 Å². The molecule has 0 amide bonds. The van der Waals surface area contributed by atoms with Crippen molar-refractivity contribution in [2.24, 2.45) is 0 Å². The van der Waals surface area contributed by atoms with Gasteiger partial charge in [0.15, 0.2) is 0 Å². The fourth-order valence-electron chi connectivity index (χ4n) is 2.68. The van der Waals surface area contributed by atoms with Crippen LogP contribution in [0.15, 0.2) is 28.7 Å². The number of methoxy groups -OCH3 is 1. The van der Waals surface area contributed by atoms with Gasteiger partial charge in [-0.15, -0.1) is 0 Å². The monoisotopic (exact) mass is 335 g/mol. The van der Waals surface area contributed by atoms with Gasteiger partial charge in [0.2, 0.25) is 0 Å². The van der Waals surface area contributed by atoms with E-state index in [1.165, 1.54) is 18.5 Å². The number of hydrogen-bond acceptors (Lipinski definition) is 3. The van der Waals surface area contributed by atoms with Crippen LogP contribution in [0, 0.1) is 0 Å². The first kappa shape index (κ1) is 13.6. The lowest BCUT2D eigenvalue weighted by Crippen LogP contribution is -2.28. The summed E-state index contributed by atoms with van der Waals surface area (Å²) in [5.41, 5.74) is 3.14. The number of aromatic nitrogens is 2. The van der Waals surface area contributed by atoms with Gasteiger partial charge in [0.05, 0.1) is 12.8 Å². The molecule has 0 bridgehead atoms. The van der Waals surface area contributed by atoms with E-state index in [1.807, 2.05) is 18.2 Å². The van der Waals surface area contributed by atoms with E-state index in [-0.39, 0.29) is 0 Å². The summed E-state index contributed by atoms with van der Waals surface area (Å²) in [7, 11) is 1.69. The first-order valence-corrected chi connectivity index (χ1v) is 7.67. The Bertz CT molecular complexity index is 591. The summed E-state index contributed by atoms with van der Waals surface area (Å²) in [5, 5.41) is 11.1. The Balaban J connectivity index is 1.91. The zero-order chi connectivity index (χ0) is 13.9. The lowest BCUT2D eigenvalue weighted by Gasteiger charge is -2.21. The minimum atomic E-state index is 0.531. The number of rotatable bonds is 3. The summed E-state index contributed by atoms with van der Waals surface area (Å²) in [4.78, 5) is 0. The van der Waals surface area contributed by atoms with Crippen LogP contribution in [0.3, 0.4) is 0 Å². The molecule has 1 fully saturated rings. The molecule has 1 aromatic carbocycles. The summed E-state index contributed by atoms with van der Waals surface area (Å²) < 4.78 is 6.45. The van der Waals surface area contributed by atoms with Gasteiger partial charge in [-0.05, 0) is 43.7 Å². The molecule has 0 aliphatic carbocycles. The van der Waals surface area contributed by atoms with Gasteiger partial charge in [-0.25, -0.2) is 0 Å². The number of halogens is 1. The predicted octanol–water partition coefficient (Wildman–Crippen LogP) is 3.31. The minimum Gasteiger partial charge on any atom is -0.496 e. The fourth-order valence-corrected chi connectivity index (χ4v) is 3.04. The molecule has 1 atom stereocenters. The van der Waals surface area contributed by atoms with Gasteiger partial charge < -0.3 is 10.1 Å². The maximum absolute atomic E-state index is 5.42. The number of ether oxygens (including phenoxy) is 1. The van der Waals surface area contributed by atoms with Crippen LogP contribution in [0.1, 0.15) is 24.5 Å². The lowest BCUT2D eigenvalue weighted by atomic mass is 9.96. The normalized spacial score (nSPS) is 19.0. The maximum atomic E-state index is 5.42. The number of benzene rings is 1. The average Bonchev–Trinajstić information content (AvgIpc) is 2.98. The highest BCUT2D eigenvalue weighted by molar-refractivity contribution is 9.10. The molecule has 1 aromatic heterocycles. The molecule has 4 nitrogen and oxygen atoms in total. The molecule has 2 heterocycles. The molecule has 20 heavy (non-hydrogen) atoms. The molecule has 0 spiro atoms. The summed E-state index contributed by atoms with van der Waals surface area (Å²) >= 11 is 3.50. The van der Waals surface area contributed by atoms with E-state index in [0.717, 1.165) is 34.6 Å². The largest absolute Gasteiger partial charge is 0.496 e. The quantitative estimate of drug-likeness (QED) is 0.904. The number of H-pyrrole nitrogens is 1. The molecule has 1 aliphatic heterocycles. The second kappa shape index (κ2) is 5.97. The van der Waals surface area contributed by atoms with E-state index in [2.05, 4.69) is 37.5 Å². The highest BCUT2D eigenvalue weighted by atomic mass is 79.9. The first-order valence-electron chi connectivity index (χ1n) is 6.88. The van der Waals surface area contributed by atoms with Gasteiger partial charge in [-0.2, -0.15) is 5.10 Å². The summed E-state index contributed by atoms with van der Waals surface area (Å²) in [6.07, 6.45) is 2.43. The first-order chi connectivity index (χ1) is 9.78. The van der Waals surface area contributed by atoms with Crippen LogP contribution < -0.4 is 10.1 Å². The molecule has 2 N–H and O–H groups in total. The third-order valence-corrected chi connectivity index (χ3v) is 4.27. The van der Waals surface area contributed by atoms with E-state index in [9.17, 15) is 0 Å². The molecule has 0 radical (unpaired) electrons. The number of aromatic amines is 1. The SMILES string of the molecule is COc1ccc(Br)cc1-c1cc(C2CCCNC2)[nH]n1. The maximum Gasteiger partial charge on any atom is 0.128 e. The van der Waals surface area contributed by atoms with E-state index < -0.39 is 0 Å². The summed E-state index contributed by atoms with van der Waals surface area (Å²) in [5.74, 6) is 1.37. The predicted molar refractivity (Wildman–Crippen MR) is 83.1 cm³/mol. The summed E-state index contributed by atoms with van der Waals surface area (Å²) in [6, 6.07) is 8.11. The Kier molecular flexibility index (Phi) is 4.08. The highest BCUT2D eigenvalue weighted by Gasteiger charge is 2.18. The van der Waals surface area contributed by atoms with E-state index in [4.69, 9.17) is 4.74 Å². The zero-order valence-electron chi connectivity index (χ0n) is 11.4. The fraction of sp³-hybridized carbons (Fsp3) is 0.400. The molecule has 0 saturated carbocycles. The number of piperidine rings is 1. The van der Waals surface area contributed by atoms with E-state index >= 15 is 0 Å². The van der Waals surface area contributed by atoms with Gasteiger partial charge in [-0.3, -0.25) is 5.10 Å². The van der Waals surface area contributed by atoms with Crippen molar-refractivity contribution in [3.8, 4) is 17.0 Å². The molecule has 1 saturated heterocycles. The number of nitrogens with zero attached hydrogens (tertiary/aromatic N) is 1. The molecule has 2 aromatic rings. The Morgan fingerprint density at radius 2 is 2.25 bits per heavy atom. The van der Waals surface area contributed by atoms with Gasteiger partial charge >= 0.3 is 0 Å². The Labute approximate surface area is 127 Å². The lowest BCUT2D eigenvalue weighted by molar-refractivity contribution is 0.416. The molecular formula is C15H18BrN3O. The zero-order valence-corrected chi connectivity index (χ0v) is 13.0. The highest BCUT2D eigenvalue weighted by Crippen LogP contribution is 2.33. The van der Waals surface area contributed by atoms with Crippen molar-refractivity contribution in [2.75, 3.05) is 20.2 Å². The van der Waals surface area contributed by atoms with Gasteiger partial charge in [0.1, 0.15) is 5.75 Å². The number of nitrogens with one attached hydrogen (secondary N) is 2. The number of hydrogen-bond donors (Lipinski definition) is 2. The third-order valence-electron chi connectivity index (χ3n) is 3.77. The molecule has 106 valence electrons. The Morgan fingerprint density at radius 1 is 1.35 bits per heavy atom. The van der Waals surface area contributed by atoms with Crippen molar-refractivity contribution in [3.05, 3.63) is 34.4 Å². The van der Waals surface area contributed by atoms with E-state index in [0.29, 0.717) is 5.92 Å². The molecular weight excluding hydrogens is 318 g/mol. The topological polar surface area (TPSA) is 49.9 Å². The molecule has 5 heteroatoms. The smallest absolute Gasteiger partial charge is 0.128 e. The van der Waals surface area contributed by atoms with Gasteiger partial charge in [0, 0.05) is 28.2 Å². The Hall–Kier alpha value is -1.33. The third kappa shape index (κ3) is 2.74. The van der Waals surface area contributed by atoms with Crippen LogP contribution in [-0.2, 0) is 0 Å². The van der Waals surface area contributed by atoms with Crippen molar-refractivity contribution in [2.45, 2.75) is 18.8 Å². The van der Waals surface area contributed by atoms with Crippen LogP contribution >= 0.6 is 15.9 Å². The van der Waals surface area contributed by atoms with Gasteiger partial charge in [0.25, 0.3) is 0 Å². The van der Waals surface area contributed by atoms with Crippen LogP contribution in [0.5, 0.6) is 5.75 Å². The van der Waals surface area contributed by atoms with Crippen molar-refractivity contribution in [1.82, 2.24) is 15.5 Å². The minimum absolute atomic E-state index is 0.531. The molecule has 1 aliphatic rings. The Morgan fingerprint density at radius 3 is 3.00 bits per heavy atom. The van der Waals surface area contributed by atoms with Crippen LogP contribution in [-0.4, -0.2) is 30.4 Å². The van der Waals surface area contributed by atoms with Crippen molar-refractivity contribution in [3.63, 3.8) is 0 Å². The standard InChI is InChI=1S/C15H18BrN3O/c1-20-15-5-4-11(16)7-12(15)14-8-13(18-19-14)10-3-2-6-17-9-10/h4-5,7-8,10,17H,2-3,6,9H2,1H3,(H,18,19). The second-order valence-electron chi connectivity index (χ2n) is 5.10. The van der Waals surface area contributed by atoms with Crippen molar-refractivity contribution >= 4 is 15.9 Å².